The van der Waals surface area contributed by atoms with Crippen LogP contribution in [0.3, 0.4) is 0 Å². The second kappa shape index (κ2) is 8.53. The van der Waals surface area contributed by atoms with E-state index in [0.717, 1.165) is 15.9 Å². The minimum Gasteiger partial charge on any atom is -0.494 e. The van der Waals surface area contributed by atoms with Crippen molar-refractivity contribution in [2.45, 2.75) is 6.92 Å². The number of halogens is 1. The molecule has 3 aromatic rings. The van der Waals surface area contributed by atoms with E-state index in [1.807, 2.05) is 49.5 Å². The number of rotatable bonds is 7. The second-order valence-corrected chi connectivity index (χ2v) is 6.28. The van der Waals surface area contributed by atoms with E-state index in [-0.39, 0.29) is 12.5 Å². The van der Waals surface area contributed by atoms with Gasteiger partial charge in [-0.2, -0.15) is 5.10 Å². The number of nitrogens with zero attached hydrogens (tertiary/aromatic N) is 2. The van der Waals surface area contributed by atoms with Crippen LogP contribution in [-0.2, 0) is 4.79 Å². The maximum Gasteiger partial charge on any atom is 0.262 e. The third-order valence-corrected chi connectivity index (χ3v) is 3.89. The van der Waals surface area contributed by atoms with Crippen LogP contribution in [0.2, 0.25) is 0 Å². The van der Waals surface area contributed by atoms with Gasteiger partial charge in [-0.05, 0) is 59.3 Å². The average molecular weight is 416 g/mol. The lowest BCUT2D eigenvalue weighted by atomic mass is 10.2. The van der Waals surface area contributed by atoms with E-state index in [2.05, 4.69) is 26.3 Å². The number of amides is 1. The molecule has 0 spiro atoms. The van der Waals surface area contributed by atoms with Crippen molar-refractivity contribution in [2.75, 3.05) is 18.5 Å². The molecule has 2 aromatic carbocycles. The molecule has 3 rings (SSSR count). The lowest BCUT2D eigenvalue weighted by Crippen LogP contribution is -2.21. The summed E-state index contributed by atoms with van der Waals surface area (Å²) in [6, 6.07) is 14.6. The molecule has 0 saturated heterocycles. The number of hydrogen-bond donors (Lipinski definition) is 1. The Kier molecular flexibility index (Phi) is 5.91. The van der Waals surface area contributed by atoms with Crippen molar-refractivity contribution in [3.05, 3.63) is 65.4 Å². The Bertz CT molecular complexity index is 878. The molecule has 0 radical (unpaired) electrons. The molecule has 7 heteroatoms. The summed E-state index contributed by atoms with van der Waals surface area (Å²) in [7, 11) is 0. The molecule has 0 fully saturated rings. The largest absolute Gasteiger partial charge is 0.494 e. The Morgan fingerprint density at radius 3 is 2.46 bits per heavy atom. The summed E-state index contributed by atoms with van der Waals surface area (Å²) in [6.07, 6.45) is 3.51. The minimum absolute atomic E-state index is 0.0921. The zero-order valence-electron chi connectivity index (χ0n) is 14.2. The van der Waals surface area contributed by atoms with Gasteiger partial charge in [0.1, 0.15) is 11.5 Å². The molecular formula is C19H18BrN3O3. The van der Waals surface area contributed by atoms with E-state index in [4.69, 9.17) is 9.47 Å². The lowest BCUT2D eigenvalue weighted by Gasteiger charge is -2.12. The Labute approximate surface area is 159 Å². The van der Waals surface area contributed by atoms with Crippen LogP contribution in [0.1, 0.15) is 6.92 Å². The molecule has 0 saturated carbocycles. The van der Waals surface area contributed by atoms with Gasteiger partial charge in [0.2, 0.25) is 0 Å². The predicted molar refractivity (Wildman–Crippen MR) is 103 cm³/mol. The number of hydrogen-bond acceptors (Lipinski definition) is 4. The van der Waals surface area contributed by atoms with Crippen LogP contribution in [-0.4, -0.2) is 28.9 Å². The van der Waals surface area contributed by atoms with Gasteiger partial charge in [-0.15, -0.1) is 0 Å². The van der Waals surface area contributed by atoms with Gasteiger partial charge >= 0.3 is 0 Å². The second-order valence-electron chi connectivity index (χ2n) is 5.36. The molecule has 6 nitrogen and oxygen atoms in total. The number of carbonyl (C=O) groups is 1. The van der Waals surface area contributed by atoms with Crippen molar-refractivity contribution in [2.24, 2.45) is 0 Å². The van der Waals surface area contributed by atoms with E-state index >= 15 is 0 Å². The Morgan fingerprint density at radius 1 is 1.12 bits per heavy atom. The summed E-state index contributed by atoms with van der Waals surface area (Å²) in [5.74, 6) is 1.12. The molecule has 0 aliphatic rings. The quantitative estimate of drug-likeness (QED) is 0.631. The molecular weight excluding hydrogens is 398 g/mol. The molecule has 0 bridgehead atoms. The number of para-hydroxylation sites is 2. The highest BCUT2D eigenvalue weighted by molar-refractivity contribution is 9.10. The molecule has 1 heterocycles. The Balaban J connectivity index is 1.62. The maximum absolute atomic E-state index is 12.2. The van der Waals surface area contributed by atoms with Crippen LogP contribution < -0.4 is 14.8 Å². The summed E-state index contributed by atoms with van der Waals surface area (Å²) in [5.41, 5.74) is 1.43. The van der Waals surface area contributed by atoms with E-state index < -0.39 is 0 Å². The van der Waals surface area contributed by atoms with E-state index in [0.29, 0.717) is 18.0 Å². The van der Waals surface area contributed by atoms with Crippen molar-refractivity contribution in [3.8, 4) is 17.2 Å². The third-order valence-electron chi connectivity index (χ3n) is 3.48. The van der Waals surface area contributed by atoms with E-state index in [9.17, 15) is 4.79 Å². The molecule has 1 N–H and O–H groups in total. The molecule has 0 unspecified atom stereocenters. The molecule has 1 aromatic heterocycles. The summed E-state index contributed by atoms with van der Waals surface area (Å²) < 4.78 is 13.4. The van der Waals surface area contributed by atoms with Crippen molar-refractivity contribution >= 4 is 27.5 Å². The van der Waals surface area contributed by atoms with Gasteiger partial charge in [0.15, 0.2) is 6.61 Å². The monoisotopic (exact) mass is 415 g/mol. The predicted octanol–water partition coefficient (Wildman–Crippen LogP) is 4.05. The van der Waals surface area contributed by atoms with Crippen LogP contribution in [0, 0.1) is 0 Å². The number of anilines is 1. The number of carbonyl (C=O) groups excluding carboxylic acids is 1. The number of benzene rings is 2. The summed E-state index contributed by atoms with van der Waals surface area (Å²) >= 11 is 3.37. The summed E-state index contributed by atoms with van der Waals surface area (Å²) in [5, 5.41) is 7.10. The Morgan fingerprint density at radius 2 is 1.81 bits per heavy atom. The van der Waals surface area contributed by atoms with Gasteiger partial charge in [0, 0.05) is 6.20 Å². The number of aromatic nitrogens is 2. The smallest absolute Gasteiger partial charge is 0.262 e. The molecule has 0 aliphatic carbocycles. The molecule has 0 atom stereocenters. The first kappa shape index (κ1) is 18.0. The van der Waals surface area contributed by atoms with Gasteiger partial charge < -0.3 is 14.8 Å². The van der Waals surface area contributed by atoms with Gasteiger partial charge in [-0.3, -0.25) is 4.79 Å². The fourth-order valence-corrected chi connectivity index (χ4v) is 2.63. The zero-order chi connectivity index (χ0) is 18.4. The van der Waals surface area contributed by atoms with Crippen molar-refractivity contribution < 1.29 is 14.3 Å². The van der Waals surface area contributed by atoms with Gasteiger partial charge in [-0.1, -0.05) is 12.1 Å². The van der Waals surface area contributed by atoms with E-state index in [1.165, 1.54) is 0 Å². The molecule has 134 valence electrons. The van der Waals surface area contributed by atoms with Crippen LogP contribution in [0.15, 0.2) is 65.4 Å². The minimum atomic E-state index is -0.252. The average Bonchev–Trinajstić information content (AvgIpc) is 3.08. The zero-order valence-corrected chi connectivity index (χ0v) is 15.8. The van der Waals surface area contributed by atoms with E-state index in [1.54, 1.807) is 23.0 Å². The number of ether oxygens (including phenoxy) is 2. The highest BCUT2D eigenvalue weighted by Gasteiger charge is 2.10. The van der Waals surface area contributed by atoms with Crippen molar-refractivity contribution in [1.29, 1.82) is 0 Å². The first-order valence-corrected chi connectivity index (χ1v) is 8.90. The highest BCUT2D eigenvalue weighted by Crippen LogP contribution is 2.21. The summed E-state index contributed by atoms with van der Waals surface area (Å²) in [4.78, 5) is 12.2. The van der Waals surface area contributed by atoms with Crippen LogP contribution in [0.25, 0.3) is 5.69 Å². The van der Waals surface area contributed by atoms with Gasteiger partial charge in [-0.25, -0.2) is 4.68 Å². The molecule has 0 aliphatic heterocycles. The van der Waals surface area contributed by atoms with Crippen molar-refractivity contribution in [3.63, 3.8) is 0 Å². The lowest BCUT2D eigenvalue weighted by molar-refractivity contribution is -0.118. The molecule has 26 heavy (non-hydrogen) atoms. The van der Waals surface area contributed by atoms with Gasteiger partial charge in [0.25, 0.3) is 5.91 Å². The van der Waals surface area contributed by atoms with Crippen LogP contribution in [0.5, 0.6) is 11.5 Å². The van der Waals surface area contributed by atoms with Crippen LogP contribution in [0.4, 0.5) is 5.69 Å². The fraction of sp³-hybridized carbons (Fsp3) is 0.158. The third kappa shape index (κ3) is 4.64. The maximum atomic E-state index is 12.2. The highest BCUT2D eigenvalue weighted by atomic mass is 79.9. The first-order valence-electron chi connectivity index (χ1n) is 8.11. The number of nitrogens with one attached hydrogen (secondary N) is 1. The SMILES string of the molecule is CCOc1ccc(OCC(=O)Nc2ccccc2-n2cc(Br)cn2)cc1. The standard InChI is InChI=1S/C19H18BrN3O3/c1-2-25-15-7-9-16(10-8-15)26-13-19(24)22-17-5-3-4-6-18(17)23-12-14(20)11-21-23/h3-12H,2,13H2,1H3,(H,22,24). The summed E-state index contributed by atoms with van der Waals surface area (Å²) in [6.45, 7) is 2.44. The van der Waals surface area contributed by atoms with Crippen molar-refractivity contribution in [1.82, 2.24) is 9.78 Å². The first-order chi connectivity index (χ1) is 12.7. The van der Waals surface area contributed by atoms with Crippen LogP contribution >= 0.6 is 15.9 Å². The van der Waals surface area contributed by atoms with Gasteiger partial charge in [0.05, 0.1) is 28.7 Å². The molecule has 1 amide bonds. The topological polar surface area (TPSA) is 65.4 Å². The fourth-order valence-electron chi connectivity index (χ4n) is 2.35. The Hall–Kier alpha value is -2.80. The normalized spacial score (nSPS) is 10.4.